The maximum absolute atomic E-state index is 12.9. The molecule has 2 aromatic rings. The van der Waals surface area contributed by atoms with Crippen LogP contribution in [0.25, 0.3) is 0 Å². The predicted octanol–water partition coefficient (Wildman–Crippen LogP) is -0.253. The van der Waals surface area contributed by atoms with Crippen LogP contribution in [-0.2, 0) is 20.8 Å². The van der Waals surface area contributed by atoms with Gasteiger partial charge in [-0.05, 0) is 38.0 Å². The molecule has 7 N–H and O–H groups in total. The summed E-state index contributed by atoms with van der Waals surface area (Å²) in [5.74, 6) is -4.70. The maximum Gasteiger partial charge on any atom is 0.475 e. The molecule has 2 rings (SSSR count). The predicted molar refractivity (Wildman–Crippen MR) is 115 cm³/mol. The molecule has 0 fully saturated rings. The van der Waals surface area contributed by atoms with Crippen molar-refractivity contribution in [3.63, 3.8) is 0 Å². The van der Waals surface area contributed by atoms with E-state index in [0.29, 0.717) is 5.56 Å². The quantitative estimate of drug-likeness (QED) is 0.154. The summed E-state index contributed by atoms with van der Waals surface area (Å²) in [4.78, 5) is 44.2. The van der Waals surface area contributed by atoms with Crippen molar-refractivity contribution in [2.45, 2.75) is 31.8 Å². The number of aromatic nitrogens is 1. The lowest BCUT2D eigenvalue weighted by Gasteiger charge is -2.20. The van der Waals surface area contributed by atoms with E-state index in [2.05, 4.69) is 15.5 Å². The number of nitrogens with two attached hydrogens (primary N) is 1. The van der Waals surface area contributed by atoms with Crippen LogP contribution in [0.5, 0.6) is 0 Å². The van der Waals surface area contributed by atoms with E-state index < -0.39 is 42.2 Å². The molecule has 0 spiro atoms. The Balaban J connectivity index is 2.29. The minimum atomic E-state index is -2.01. The number of nitrogen functional groups attached to an aromatic ring is 1. The second-order valence-electron chi connectivity index (χ2n) is 7.12. The van der Waals surface area contributed by atoms with Crippen LogP contribution >= 0.6 is 11.3 Å². The number of benzene rings is 1. The molecule has 170 valence electrons. The van der Waals surface area contributed by atoms with E-state index in [1.165, 1.54) is 37.4 Å². The molecular formula is C18H21BN4O8S. The minimum absolute atomic E-state index is 0.00903. The van der Waals surface area contributed by atoms with Crippen LogP contribution in [0.2, 0.25) is 0 Å². The number of carbonyl (C=O) groups excluding carboxylic acids is 1. The van der Waals surface area contributed by atoms with Crippen LogP contribution < -0.4 is 11.1 Å². The van der Waals surface area contributed by atoms with Gasteiger partial charge < -0.3 is 36.1 Å². The number of aromatic carboxylic acids is 1. The summed E-state index contributed by atoms with van der Waals surface area (Å²) >= 11 is 1.00. The average molecular weight is 464 g/mol. The van der Waals surface area contributed by atoms with Crippen molar-refractivity contribution in [1.82, 2.24) is 10.3 Å². The Hall–Kier alpha value is -3.49. The number of hydrogen-bond donors (Lipinski definition) is 6. The van der Waals surface area contributed by atoms with Crippen LogP contribution in [0.4, 0.5) is 5.13 Å². The number of carboxylic acids is 2. The van der Waals surface area contributed by atoms with Gasteiger partial charge in [-0.1, -0.05) is 17.3 Å². The van der Waals surface area contributed by atoms with Crippen molar-refractivity contribution >= 4 is 47.1 Å². The van der Waals surface area contributed by atoms with Crippen molar-refractivity contribution in [3.05, 3.63) is 46.5 Å². The van der Waals surface area contributed by atoms with Crippen molar-refractivity contribution in [2.24, 2.45) is 5.16 Å². The van der Waals surface area contributed by atoms with E-state index in [1.807, 2.05) is 0 Å². The molecule has 12 nitrogen and oxygen atoms in total. The number of thiazole rings is 1. The SMILES string of the molecule is CC(C)(O/N=C(\C(=O)N[C@@H](Cc1cccc(C(=O)O)c1)B(O)O)c1csc(N)n1)C(=O)O. The molecule has 0 radical (unpaired) electrons. The summed E-state index contributed by atoms with van der Waals surface area (Å²) in [6.45, 7) is 2.44. The van der Waals surface area contributed by atoms with Crippen LogP contribution in [0.3, 0.4) is 0 Å². The Morgan fingerprint density at radius 2 is 2.00 bits per heavy atom. The van der Waals surface area contributed by atoms with E-state index in [1.54, 1.807) is 6.07 Å². The molecule has 1 aromatic carbocycles. The standard InChI is InChI=1S/C18H21BN4O8S/c1-18(2,16(27)28)31-23-13(11-8-32-17(20)21-11)14(24)22-12(19(29)30)7-9-4-3-5-10(6-9)15(25)26/h3-6,8,12,29-30H,7H2,1-2H3,(H2,20,21)(H,22,24)(H,25,26)(H,27,28)/b23-13-/t12-/m0/s1. The van der Waals surface area contributed by atoms with Crippen molar-refractivity contribution in [3.8, 4) is 0 Å². The first-order valence-electron chi connectivity index (χ1n) is 9.11. The molecule has 0 bridgehead atoms. The monoisotopic (exact) mass is 464 g/mol. The number of anilines is 1. The Kier molecular flexibility index (Phi) is 7.91. The lowest BCUT2D eigenvalue weighted by molar-refractivity contribution is -0.161. The number of amides is 1. The Morgan fingerprint density at radius 1 is 1.31 bits per heavy atom. The van der Waals surface area contributed by atoms with Gasteiger partial charge in [-0.25, -0.2) is 14.6 Å². The van der Waals surface area contributed by atoms with Crippen LogP contribution in [0.1, 0.15) is 35.5 Å². The average Bonchev–Trinajstić information content (AvgIpc) is 3.13. The van der Waals surface area contributed by atoms with E-state index in [9.17, 15) is 29.5 Å². The zero-order chi connectivity index (χ0) is 24.1. The van der Waals surface area contributed by atoms with Gasteiger partial charge >= 0.3 is 19.1 Å². The first-order chi connectivity index (χ1) is 14.9. The molecule has 0 unspecified atom stereocenters. The Morgan fingerprint density at radius 3 is 2.53 bits per heavy atom. The fourth-order valence-electron chi connectivity index (χ4n) is 2.35. The van der Waals surface area contributed by atoms with Gasteiger partial charge in [0.25, 0.3) is 5.91 Å². The lowest BCUT2D eigenvalue weighted by Crippen LogP contribution is -2.50. The van der Waals surface area contributed by atoms with Crippen LogP contribution in [0, 0.1) is 0 Å². The van der Waals surface area contributed by atoms with Crippen molar-refractivity contribution in [1.29, 1.82) is 0 Å². The first-order valence-corrected chi connectivity index (χ1v) is 9.99. The third kappa shape index (κ3) is 6.50. The zero-order valence-electron chi connectivity index (χ0n) is 17.1. The molecule has 0 saturated heterocycles. The molecule has 32 heavy (non-hydrogen) atoms. The second-order valence-corrected chi connectivity index (χ2v) is 8.01. The highest BCUT2D eigenvalue weighted by Crippen LogP contribution is 2.16. The van der Waals surface area contributed by atoms with Crippen LogP contribution in [-0.4, -0.2) is 67.5 Å². The van der Waals surface area contributed by atoms with Gasteiger partial charge in [0, 0.05) is 5.38 Å². The molecule has 0 saturated carbocycles. The van der Waals surface area contributed by atoms with Gasteiger partial charge in [0.2, 0.25) is 5.60 Å². The summed E-state index contributed by atoms with van der Waals surface area (Å²) in [6, 6.07) is 5.74. The number of rotatable bonds is 10. The summed E-state index contributed by atoms with van der Waals surface area (Å²) in [5, 5.41) is 45.2. The van der Waals surface area contributed by atoms with Crippen molar-refractivity contribution in [2.75, 3.05) is 5.73 Å². The van der Waals surface area contributed by atoms with E-state index in [-0.39, 0.29) is 22.8 Å². The van der Waals surface area contributed by atoms with Gasteiger partial charge in [0.15, 0.2) is 10.8 Å². The van der Waals surface area contributed by atoms with E-state index in [4.69, 9.17) is 15.7 Å². The molecular weight excluding hydrogens is 443 g/mol. The highest BCUT2D eigenvalue weighted by Gasteiger charge is 2.32. The van der Waals surface area contributed by atoms with Crippen LogP contribution in [0.15, 0.2) is 34.8 Å². The minimum Gasteiger partial charge on any atom is -0.478 e. The number of carboxylic acid groups (broad SMARTS) is 2. The summed E-state index contributed by atoms with van der Waals surface area (Å²) in [5.41, 5.74) is 3.80. The molecule has 1 amide bonds. The van der Waals surface area contributed by atoms with Gasteiger partial charge in [-0.2, -0.15) is 0 Å². The molecule has 1 heterocycles. The highest BCUT2D eigenvalue weighted by atomic mass is 32.1. The Labute approximate surface area is 186 Å². The molecule has 0 aliphatic carbocycles. The highest BCUT2D eigenvalue weighted by molar-refractivity contribution is 7.13. The number of oxime groups is 1. The Bertz CT molecular complexity index is 1040. The topological polar surface area (TPSA) is 205 Å². The van der Waals surface area contributed by atoms with E-state index in [0.717, 1.165) is 11.3 Å². The second kappa shape index (κ2) is 10.2. The summed E-state index contributed by atoms with van der Waals surface area (Å²) in [7, 11) is -2.01. The number of hydrogen-bond acceptors (Lipinski definition) is 10. The van der Waals surface area contributed by atoms with Gasteiger partial charge in [0.1, 0.15) is 5.69 Å². The molecule has 14 heteroatoms. The number of aliphatic carboxylic acids is 1. The van der Waals surface area contributed by atoms with Crippen molar-refractivity contribution < 1.29 is 39.5 Å². The number of carbonyl (C=O) groups is 3. The number of nitrogens with one attached hydrogen (secondary N) is 1. The zero-order valence-corrected chi connectivity index (χ0v) is 17.9. The van der Waals surface area contributed by atoms with E-state index >= 15 is 0 Å². The van der Waals surface area contributed by atoms with Gasteiger partial charge in [-0.15, -0.1) is 11.3 Å². The van der Waals surface area contributed by atoms with Gasteiger partial charge in [-0.3, -0.25) is 4.79 Å². The molecule has 1 aromatic heterocycles. The number of nitrogens with zero attached hydrogens (tertiary/aromatic N) is 2. The summed E-state index contributed by atoms with van der Waals surface area (Å²) in [6.07, 6.45) is -0.127. The normalized spacial score (nSPS) is 12.7. The third-order valence-electron chi connectivity index (χ3n) is 4.17. The fourth-order valence-corrected chi connectivity index (χ4v) is 2.90. The molecule has 1 atom stereocenters. The fraction of sp³-hybridized carbons (Fsp3) is 0.278. The first kappa shape index (κ1) is 24.8. The maximum atomic E-state index is 12.9. The molecule has 0 aliphatic rings. The van der Waals surface area contributed by atoms with Gasteiger partial charge in [0.05, 0.1) is 11.5 Å². The largest absolute Gasteiger partial charge is 0.478 e. The summed E-state index contributed by atoms with van der Waals surface area (Å²) < 4.78 is 0. The smallest absolute Gasteiger partial charge is 0.475 e. The third-order valence-corrected chi connectivity index (χ3v) is 4.84. The lowest BCUT2D eigenvalue weighted by atomic mass is 9.75. The molecule has 0 aliphatic heterocycles.